The third kappa shape index (κ3) is 3.53. The zero-order chi connectivity index (χ0) is 20.8. The fourth-order valence-electron chi connectivity index (χ4n) is 5.20. The number of benzene rings is 1. The number of anilines is 1. The van der Waals surface area contributed by atoms with E-state index in [1.54, 1.807) is 4.90 Å². The highest BCUT2D eigenvalue weighted by atomic mass is 16.2. The lowest BCUT2D eigenvalue weighted by atomic mass is 9.69. The Balaban J connectivity index is 1.72. The number of amides is 1. The summed E-state index contributed by atoms with van der Waals surface area (Å²) in [6.45, 7) is 7.86. The number of nitrogens with two attached hydrogens (primary N) is 1. The molecule has 0 spiro atoms. The first-order chi connectivity index (χ1) is 13.8. The summed E-state index contributed by atoms with van der Waals surface area (Å²) in [7, 11) is 0. The molecule has 0 aromatic heterocycles. The summed E-state index contributed by atoms with van der Waals surface area (Å²) in [5.74, 6) is 0.658. The number of hydrogen-bond donors (Lipinski definition) is 2. The van der Waals surface area contributed by atoms with Gasteiger partial charge in [-0.2, -0.15) is 0 Å². The van der Waals surface area contributed by atoms with Crippen LogP contribution in [-0.4, -0.2) is 43.2 Å². The van der Waals surface area contributed by atoms with Crippen molar-refractivity contribution in [1.29, 1.82) is 0 Å². The fraction of sp³-hybridized carbons (Fsp3) is 0.609. The normalized spacial score (nSPS) is 29.3. The Morgan fingerprint density at radius 2 is 2.07 bits per heavy atom. The van der Waals surface area contributed by atoms with Gasteiger partial charge in [-0.1, -0.05) is 32.0 Å². The Labute approximate surface area is 172 Å². The number of hydrogen-bond acceptors (Lipinski definition) is 5. The molecule has 1 aromatic rings. The Bertz CT molecular complexity index is 847. The number of benzodiazepines with no additional fused rings is 1. The van der Waals surface area contributed by atoms with Gasteiger partial charge in [0.2, 0.25) is 0 Å². The first kappa shape index (κ1) is 20.2. The van der Waals surface area contributed by atoms with Gasteiger partial charge in [-0.3, -0.25) is 14.6 Å². The zero-order valence-electron chi connectivity index (χ0n) is 17.7. The van der Waals surface area contributed by atoms with Crippen molar-refractivity contribution < 1.29 is 9.59 Å². The summed E-state index contributed by atoms with van der Waals surface area (Å²) >= 11 is 0. The number of ketones is 1. The van der Waals surface area contributed by atoms with E-state index in [9.17, 15) is 9.59 Å². The molecule has 2 bridgehead atoms. The molecule has 1 aromatic carbocycles. The van der Waals surface area contributed by atoms with Gasteiger partial charge in [0, 0.05) is 23.2 Å². The molecule has 1 aliphatic carbocycles. The molecular formula is C23H32N4O2. The number of carbonyl (C=O) groups excluding carboxylic acids is 2. The second-order valence-corrected chi connectivity index (χ2v) is 9.29. The standard InChI is InChI=1S/C23H32N4O2/c1-14(2)19-17-6-4-5-15(3)20(17)27(22(29)21(24)26-19)12-18(28)23-9-7-16(8-10-23)11-25-13-23/h4-6,14,16,21,25H,7-13,24H2,1-3H3. The van der Waals surface area contributed by atoms with Crippen LogP contribution in [0.4, 0.5) is 5.69 Å². The lowest BCUT2D eigenvalue weighted by Crippen LogP contribution is -2.50. The van der Waals surface area contributed by atoms with Gasteiger partial charge in [0.25, 0.3) is 5.91 Å². The molecule has 1 atom stereocenters. The number of aryl methyl sites for hydroxylation is 1. The number of fused-ring (bicyclic) bond motifs is 5. The van der Waals surface area contributed by atoms with Crippen LogP contribution in [-0.2, 0) is 9.59 Å². The summed E-state index contributed by atoms with van der Waals surface area (Å²) in [4.78, 5) is 33.0. The molecule has 1 amide bonds. The largest absolute Gasteiger partial charge is 0.315 e. The molecule has 1 saturated carbocycles. The number of rotatable bonds is 4. The molecule has 0 radical (unpaired) electrons. The van der Waals surface area contributed by atoms with E-state index in [1.165, 1.54) is 0 Å². The highest BCUT2D eigenvalue weighted by Crippen LogP contribution is 2.42. The highest BCUT2D eigenvalue weighted by molar-refractivity contribution is 6.15. The number of nitrogens with zero attached hydrogens (tertiary/aromatic N) is 2. The predicted octanol–water partition coefficient (Wildman–Crippen LogP) is 2.42. The predicted molar refractivity (Wildman–Crippen MR) is 115 cm³/mol. The number of carbonyl (C=O) groups is 2. The van der Waals surface area contributed by atoms with E-state index < -0.39 is 6.17 Å². The molecule has 1 unspecified atom stereocenters. The molecule has 5 rings (SSSR count). The van der Waals surface area contributed by atoms with E-state index in [-0.39, 0.29) is 29.6 Å². The molecule has 29 heavy (non-hydrogen) atoms. The molecule has 156 valence electrons. The second kappa shape index (κ2) is 7.65. The van der Waals surface area contributed by atoms with Gasteiger partial charge in [-0.05, 0) is 56.6 Å². The summed E-state index contributed by atoms with van der Waals surface area (Å²) < 4.78 is 0. The van der Waals surface area contributed by atoms with Crippen LogP contribution in [0.2, 0.25) is 0 Å². The topological polar surface area (TPSA) is 87.8 Å². The van der Waals surface area contributed by atoms with Crippen molar-refractivity contribution in [2.24, 2.45) is 28.0 Å². The van der Waals surface area contributed by atoms with Gasteiger partial charge < -0.3 is 16.0 Å². The van der Waals surface area contributed by atoms with Crippen molar-refractivity contribution in [3.63, 3.8) is 0 Å². The number of nitrogens with one attached hydrogen (secondary N) is 1. The summed E-state index contributed by atoms with van der Waals surface area (Å²) in [6.07, 6.45) is 3.01. The third-order valence-electron chi connectivity index (χ3n) is 6.98. The van der Waals surface area contributed by atoms with E-state index >= 15 is 0 Å². The maximum Gasteiger partial charge on any atom is 0.266 e. The van der Waals surface area contributed by atoms with Crippen LogP contribution >= 0.6 is 0 Å². The average molecular weight is 397 g/mol. The molecule has 2 saturated heterocycles. The molecule has 3 heterocycles. The lowest BCUT2D eigenvalue weighted by Gasteiger charge is -2.37. The minimum Gasteiger partial charge on any atom is -0.315 e. The molecule has 4 aliphatic rings. The monoisotopic (exact) mass is 396 g/mol. The lowest BCUT2D eigenvalue weighted by molar-refractivity contribution is -0.130. The molecule has 3 N–H and O–H groups in total. The van der Waals surface area contributed by atoms with Gasteiger partial charge >= 0.3 is 0 Å². The van der Waals surface area contributed by atoms with Crippen LogP contribution in [0.3, 0.4) is 0 Å². The van der Waals surface area contributed by atoms with E-state index in [0.29, 0.717) is 12.5 Å². The van der Waals surface area contributed by atoms with Crippen LogP contribution in [0.25, 0.3) is 0 Å². The quantitative estimate of drug-likeness (QED) is 0.818. The van der Waals surface area contributed by atoms with Crippen LogP contribution < -0.4 is 16.0 Å². The van der Waals surface area contributed by atoms with Crippen LogP contribution in [0, 0.1) is 24.2 Å². The number of para-hydroxylation sites is 1. The Kier molecular flexibility index (Phi) is 5.34. The minimum atomic E-state index is -0.979. The first-order valence-electron chi connectivity index (χ1n) is 10.8. The molecular weight excluding hydrogens is 364 g/mol. The van der Waals surface area contributed by atoms with E-state index in [2.05, 4.69) is 24.2 Å². The Morgan fingerprint density at radius 3 is 2.76 bits per heavy atom. The van der Waals surface area contributed by atoms with Crippen LogP contribution in [0.15, 0.2) is 23.2 Å². The Hall–Kier alpha value is -2.05. The minimum absolute atomic E-state index is 0.0671. The van der Waals surface area contributed by atoms with E-state index in [1.807, 2.05) is 25.1 Å². The van der Waals surface area contributed by atoms with Crippen molar-refractivity contribution in [3.8, 4) is 0 Å². The van der Waals surface area contributed by atoms with Crippen molar-refractivity contribution >= 4 is 23.1 Å². The van der Waals surface area contributed by atoms with Gasteiger partial charge in [-0.25, -0.2) is 0 Å². The highest BCUT2D eigenvalue weighted by Gasteiger charge is 2.45. The Morgan fingerprint density at radius 1 is 1.34 bits per heavy atom. The van der Waals surface area contributed by atoms with Gasteiger partial charge in [-0.15, -0.1) is 0 Å². The maximum atomic E-state index is 13.6. The van der Waals surface area contributed by atoms with Crippen molar-refractivity contribution in [1.82, 2.24) is 5.32 Å². The van der Waals surface area contributed by atoms with E-state index in [0.717, 1.165) is 54.8 Å². The summed E-state index contributed by atoms with van der Waals surface area (Å²) in [6, 6.07) is 5.94. The maximum absolute atomic E-state index is 13.6. The SMILES string of the molecule is Cc1cccc2c1N(CC(=O)C13CCC(CC1)CNC3)C(=O)C(N)N=C2C(C)C. The molecule has 3 fully saturated rings. The molecule has 6 heteroatoms. The smallest absolute Gasteiger partial charge is 0.266 e. The molecule has 3 aliphatic heterocycles. The van der Waals surface area contributed by atoms with Gasteiger partial charge in [0.1, 0.15) is 0 Å². The van der Waals surface area contributed by atoms with Gasteiger partial charge in [0.15, 0.2) is 11.9 Å². The van der Waals surface area contributed by atoms with Crippen molar-refractivity contribution in [2.75, 3.05) is 24.5 Å². The first-order valence-corrected chi connectivity index (χ1v) is 10.8. The van der Waals surface area contributed by atoms with Crippen molar-refractivity contribution in [3.05, 3.63) is 29.3 Å². The van der Waals surface area contributed by atoms with Crippen LogP contribution in [0.5, 0.6) is 0 Å². The van der Waals surface area contributed by atoms with E-state index in [4.69, 9.17) is 5.73 Å². The second-order valence-electron chi connectivity index (χ2n) is 9.29. The molecule has 6 nitrogen and oxygen atoms in total. The number of aliphatic imine (C=N–C) groups is 1. The fourth-order valence-corrected chi connectivity index (χ4v) is 5.20. The average Bonchev–Trinajstić information content (AvgIpc) is 3.08. The summed E-state index contributed by atoms with van der Waals surface area (Å²) in [5, 5.41) is 3.48. The van der Waals surface area contributed by atoms with Crippen molar-refractivity contribution in [2.45, 2.75) is 52.6 Å². The zero-order valence-corrected chi connectivity index (χ0v) is 17.7. The third-order valence-corrected chi connectivity index (χ3v) is 6.98. The van der Waals surface area contributed by atoms with Gasteiger partial charge in [0.05, 0.1) is 12.2 Å². The summed E-state index contributed by atoms with van der Waals surface area (Å²) in [5.41, 5.74) is 9.30. The number of Topliss-reactive ketones (excluding diaryl/α,β-unsaturated/α-hetero) is 1. The van der Waals surface area contributed by atoms with Crippen LogP contribution in [0.1, 0.15) is 50.7 Å².